The van der Waals surface area contributed by atoms with Crippen LogP contribution in [0.1, 0.15) is 50.1 Å². The van der Waals surface area contributed by atoms with Gasteiger partial charge in [0.05, 0.1) is 11.5 Å². The van der Waals surface area contributed by atoms with Crippen molar-refractivity contribution < 1.29 is 40.4 Å². The molecular weight excluding hydrogens is 548 g/mol. The minimum absolute atomic E-state index is 0.170. The number of anilines is 1. The molecule has 1 N–H and O–H groups in total. The summed E-state index contributed by atoms with van der Waals surface area (Å²) in [5.41, 5.74) is -7.27. The fraction of sp³-hybridized carbons (Fsp3) is 0.400. The predicted octanol–water partition coefficient (Wildman–Crippen LogP) is 6.96. The first-order chi connectivity index (χ1) is 18.6. The SMILES string of the molecule is CC1(C)CC/C=C/CC(OCc2ccccc2)(C(F)(F)F)c2nnc(o2)-c2nc(c(C(F)(F)F)cc2[N+](=O)[O-])N1. The molecule has 1 atom stereocenters. The average Bonchev–Trinajstić information content (AvgIpc) is 3.34. The zero-order valence-electron chi connectivity index (χ0n) is 21.1. The maximum absolute atomic E-state index is 14.7. The lowest BCUT2D eigenvalue weighted by atomic mass is 9.95. The third-order valence-electron chi connectivity index (χ3n) is 6.23. The molecule has 3 heterocycles. The molecule has 0 amide bonds. The Morgan fingerprint density at radius 2 is 1.80 bits per heavy atom. The predicted molar refractivity (Wildman–Crippen MR) is 129 cm³/mol. The summed E-state index contributed by atoms with van der Waals surface area (Å²) in [6.45, 7) is 2.61. The Balaban J connectivity index is 1.94. The second kappa shape index (κ2) is 10.5. The fourth-order valence-electron chi connectivity index (χ4n) is 4.09. The number of pyridine rings is 1. The van der Waals surface area contributed by atoms with Gasteiger partial charge < -0.3 is 14.5 Å². The normalized spacial score (nSPS) is 20.3. The summed E-state index contributed by atoms with van der Waals surface area (Å²) >= 11 is 0. The van der Waals surface area contributed by atoms with Crippen LogP contribution < -0.4 is 5.32 Å². The van der Waals surface area contributed by atoms with Gasteiger partial charge in [-0.05, 0) is 32.3 Å². The molecule has 1 aliphatic rings. The Bertz CT molecular complexity index is 1400. The summed E-state index contributed by atoms with van der Waals surface area (Å²) in [5.74, 6) is -2.74. The number of nitrogens with one attached hydrogen (secondary N) is 1. The first kappa shape index (κ1) is 29.0. The van der Waals surface area contributed by atoms with Crippen LogP contribution in [-0.4, -0.2) is 31.8 Å². The second-order valence-electron chi connectivity index (χ2n) is 9.74. The van der Waals surface area contributed by atoms with Gasteiger partial charge in [-0.3, -0.25) is 10.1 Å². The quantitative estimate of drug-likeness (QED) is 0.155. The standard InChI is InChI=1S/C25H23F6N5O4/c1-22(2)11-7-4-8-12-23(25(29,30)31,39-14-15-9-5-3-6-10-15)21-35-34-20(40-21)18-17(36(37)38)13-16(24(26,27)28)19(32-18)33-22/h3-6,8-10,13H,7,11-12,14H2,1-2H3,(H,32,33)/b8-4+. The summed E-state index contributed by atoms with van der Waals surface area (Å²) in [7, 11) is 0. The minimum atomic E-state index is -5.11. The molecule has 9 nitrogen and oxygen atoms in total. The molecule has 4 bridgehead atoms. The van der Waals surface area contributed by atoms with Gasteiger partial charge in [0.15, 0.2) is 0 Å². The van der Waals surface area contributed by atoms with Crippen LogP contribution in [0.3, 0.4) is 0 Å². The van der Waals surface area contributed by atoms with Crippen molar-refractivity contribution in [2.75, 3.05) is 5.32 Å². The van der Waals surface area contributed by atoms with Crippen LogP contribution in [0.2, 0.25) is 0 Å². The number of hydrogen-bond donors (Lipinski definition) is 1. The number of ether oxygens (including phenoxy) is 1. The van der Waals surface area contributed by atoms with E-state index in [1.54, 1.807) is 44.2 Å². The second-order valence-corrected chi connectivity index (χ2v) is 9.74. The van der Waals surface area contributed by atoms with Crippen molar-refractivity contribution in [1.82, 2.24) is 15.2 Å². The molecule has 0 spiro atoms. The van der Waals surface area contributed by atoms with E-state index in [1.807, 2.05) is 0 Å². The monoisotopic (exact) mass is 571 g/mol. The molecule has 2 aromatic heterocycles. The number of allylic oxidation sites excluding steroid dienone is 1. The van der Waals surface area contributed by atoms with Crippen LogP contribution in [0, 0.1) is 10.1 Å². The van der Waals surface area contributed by atoms with E-state index in [2.05, 4.69) is 20.5 Å². The topological polar surface area (TPSA) is 116 Å². The number of nitrogens with zero attached hydrogens (tertiary/aromatic N) is 4. The molecule has 0 aliphatic carbocycles. The van der Waals surface area contributed by atoms with Gasteiger partial charge >= 0.3 is 18.0 Å². The molecule has 1 unspecified atom stereocenters. The molecule has 1 aliphatic heterocycles. The van der Waals surface area contributed by atoms with Crippen molar-refractivity contribution in [2.24, 2.45) is 0 Å². The summed E-state index contributed by atoms with van der Waals surface area (Å²) < 4.78 is 96.5. The fourth-order valence-corrected chi connectivity index (χ4v) is 4.09. The van der Waals surface area contributed by atoms with E-state index < -0.39 is 76.0 Å². The number of halogens is 6. The number of alkyl halides is 6. The van der Waals surface area contributed by atoms with E-state index in [0.29, 0.717) is 5.56 Å². The summed E-state index contributed by atoms with van der Waals surface area (Å²) in [6.07, 6.45) is -7.94. The van der Waals surface area contributed by atoms with Gasteiger partial charge in [0, 0.05) is 18.0 Å². The van der Waals surface area contributed by atoms with Crippen LogP contribution >= 0.6 is 0 Å². The van der Waals surface area contributed by atoms with E-state index in [0.717, 1.165) is 0 Å². The van der Waals surface area contributed by atoms with Gasteiger partial charge in [0.25, 0.3) is 11.8 Å². The number of aromatic nitrogens is 3. The smallest absolute Gasteiger partial charge is 0.415 e. The first-order valence-electron chi connectivity index (χ1n) is 11.9. The van der Waals surface area contributed by atoms with E-state index in [1.165, 1.54) is 12.2 Å². The Morgan fingerprint density at radius 1 is 1.10 bits per heavy atom. The Morgan fingerprint density at radius 3 is 2.42 bits per heavy atom. The lowest BCUT2D eigenvalue weighted by molar-refractivity contribution is -0.384. The zero-order chi connectivity index (χ0) is 29.3. The molecule has 0 saturated heterocycles. The van der Waals surface area contributed by atoms with Crippen molar-refractivity contribution in [2.45, 2.75) is 63.2 Å². The molecule has 1 aromatic carbocycles. The van der Waals surface area contributed by atoms with E-state index in [-0.39, 0.29) is 18.9 Å². The molecular formula is C25H23F6N5O4. The summed E-state index contributed by atoms with van der Waals surface area (Å²) in [6, 6.07) is 8.23. The van der Waals surface area contributed by atoms with Crippen LogP contribution in [0.4, 0.5) is 37.8 Å². The van der Waals surface area contributed by atoms with Gasteiger partial charge in [-0.15, -0.1) is 10.2 Å². The van der Waals surface area contributed by atoms with Gasteiger partial charge in [-0.2, -0.15) is 26.3 Å². The molecule has 0 radical (unpaired) electrons. The highest BCUT2D eigenvalue weighted by Crippen LogP contribution is 2.47. The Hall–Kier alpha value is -4.01. The molecule has 0 saturated carbocycles. The van der Waals surface area contributed by atoms with Crippen LogP contribution in [0.25, 0.3) is 11.6 Å². The minimum Gasteiger partial charge on any atom is -0.415 e. The Labute approximate surface area is 223 Å². The maximum Gasteiger partial charge on any atom is 0.426 e. The highest BCUT2D eigenvalue weighted by atomic mass is 19.4. The highest BCUT2D eigenvalue weighted by Gasteiger charge is 2.61. The average molecular weight is 571 g/mol. The number of nitro groups is 1. The van der Waals surface area contributed by atoms with Crippen LogP contribution in [0.5, 0.6) is 0 Å². The van der Waals surface area contributed by atoms with Crippen molar-refractivity contribution in [1.29, 1.82) is 0 Å². The number of benzene rings is 1. The Kier molecular flexibility index (Phi) is 7.62. The van der Waals surface area contributed by atoms with E-state index in [9.17, 15) is 36.5 Å². The van der Waals surface area contributed by atoms with Crippen LogP contribution in [-0.2, 0) is 23.1 Å². The van der Waals surface area contributed by atoms with Crippen molar-refractivity contribution >= 4 is 11.5 Å². The highest BCUT2D eigenvalue weighted by molar-refractivity contribution is 5.68. The lowest BCUT2D eigenvalue weighted by Gasteiger charge is -2.32. The van der Waals surface area contributed by atoms with Crippen molar-refractivity contribution in [3.63, 3.8) is 0 Å². The molecule has 0 fully saturated rings. The summed E-state index contributed by atoms with van der Waals surface area (Å²) in [5, 5.41) is 21.4. The number of rotatable bonds is 4. The number of fused-ring (bicyclic) bond motifs is 5. The van der Waals surface area contributed by atoms with Gasteiger partial charge in [-0.1, -0.05) is 42.5 Å². The number of hydrogen-bond acceptors (Lipinski definition) is 8. The molecule has 15 heteroatoms. The first-order valence-corrected chi connectivity index (χ1v) is 11.9. The molecule has 40 heavy (non-hydrogen) atoms. The van der Waals surface area contributed by atoms with Gasteiger partial charge in [-0.25, -0.2) is 4.98 Å². The third kappa shape index (κ3) is 5.93. The van der Waals surface area contributed by atoms with E-state index >= 15 is 0 Å². The molecule has 4 rings (SSSR count). The van der Waals surface area contributed by atoms with Crippen LogP contribution in [0.15, 0.2) is 53.0 Å². The van der Waals surface area contributed by atoms with E-state index in [4.69, 9.17) is 9.15 Å². The van der Waals surface area contributed by atoms with Gasteiger partial charge in [0.1, 0.15) is 11.4 Å². The third-order valence-corrected chi connectivity index (χ3v) is 6.23. The maximum atomic E-state index is 14.7. The zero-order valence-corrected chi connectivity index (χ0v) is 21.1. The van der Waals surface area contributed by atoms with Crippen molar-refractivity contribution in [3.8, 4) is 11.6 Å². The lowest BCUT2D eigenvalue weighted by Crippen LogP contribution is -2.45. The summed E-state index contributed by atoms with van der Waals surface area (Å²) in [4.78, 5) is 14.4. The largest absolute Gasteiger partial charge is 0.426 e. The molecule has 3 aromatic rings. The molecule has 214 valence electrons. The van der Waals surface area contributed by atoms with Crippen molar-refractivity contribution in [3.05, 3.63) is 75.7 Å². The van der Waals surface area contributed by atoms with Gasteiger partial charge in [0.2, 0.25) is 11.3 Å².